The van der Waals surface area contributed by atoms with Crippen molar-refractivity contribution in [3.8, 4) is 0 Å². The maximum Gasteiger partial charge on any atom is 0.256 e. The van der Waals surface area contributed by atoms with E-state index < -0.39 is 12.1 Å². The number of nitrogens with one attached hydrogen (secondary N) is 1. The molecular weight excluding hydrogens is 296 g/mol. The van der Waals surface area contributed by atoms with Crippen LogP contribution in [0.2, 0.25) is 0 Å². The second-order valence-electron chi connectivity index (χ2n) is 5.48. The molecule has 0 aliphatic carbocycles. The number of hydrogen-bond acceptors (Lipinski definition) is 4. The Labute approximate surface area is 133 Å². The number of hydrogen-bond donors (Lipinski definition) is 1. The van der Waals surface area contributed by atoms with Gasteiger partial charge in [-0.05, 0) is 5.56 Å². The molecule has 1 saturated heterocycles. The summed E-state index contributed by atoms with van der Waals surface area (Å²) in [5.74, 6) is -0.449. The van der Waals surface area contributed by atoms with Gasteiger partial charge in [0.1, 0.15) is 6.61 Å². The number of aromatic nitrogens is 2. The molecule has 2 aromatic rings. The summed E-state index contributed by atoms with van der Waals surface area (Å²) in [6.07, 6.45) is 2.49. The number of carbonyl (C=O) groups is 2. The Morgan fingerprint density at radius 1 is 1.30 bits per heavy atom. The van der Waals surface area contributed by atoms with Gasteiger partial charge < -0.3 is 15.0 Å². The van der Waals surface area contributed by atoms with Gasteiger partial charge in [0.2, 0.25) is 5.91 Å². The van der Waals surface area contributed by atoms with E-state index in [1.165, 1.54) is 0 Å². The SMILES string of the molecule is CN1C(=O)CO[C@@H](C(=O)Nc2cnn(C)c2)[C@H]1c1ccccc1. The predicted octanol–water partition coefficient (Wildman–Crippen LogP) is 0.957. The molecule has 0 radical (unpaired) electrons. The van der Waals surface area contributed by atoms with Crippen LogP contribution in [0.1, 0.15) is 11.6 Å². The highest BCUT2D eigenvalue weighted by Gasteiger charge is 2.40. The van der Waals surface area contributed by atoms with Crippen molar-refractivity contribution in [3.63, 3.8) is 0 Å². The molecule has 0 spiro atoms. The zero-order chi connectivity index (χ0) is 16.4. The minimum atomic E-state index is -0.777. The lowest BCUT2D eigenvalue weighted by Gasteiger charge is -2.38. The molecule has 1 aliphatic heterocycles. The van der Waals surface area contributed by atoms with Crippen molar-refractivity contribution in [2.45, 2.75) is 12.1 Å². The van der Waals surface area contributed by atoms with Crippen molar-refractivity contribution in [2.24, 2.45) is 7.05 Å². The Kier molecular flexibility index (Phi) is 4.12. The Balaban J connectivity index is 1.85. The van der Waals surface area contributed by atoms with Gasteiger partial charge in [-0.15, -0.1) is 0 Å². The van der Waals surface area contributed by atoms with Crippen LogP contribution in [0, 0.1) is 0 Å². The van der Waals surface area contributed by atoms with Gasteiger partial charge in [0.15, 0.2) is 6.10 Å². The lowest BCUT2D eigenvalue weighted by Crippen LogP contribution is -2.51. The van der Waals surface area contributed by atoms with Crippen LogP contribution < -0.4 is 5.32 Å². The van der Waals surface area contributed by atoms with Crippen LogP contribution in [0.5, 0.6) is 0 Å². The van der Waals surface area contributed by atoms with Gasteiger partial charge in [-0.25, -0.2) is 0 Å². The minimum absolute atomic E-state index is 0.106. The lowest BCUT2D eigenvalue weighted by molar-refractivity contribution is -0.160. The summed E-state index contributed by atoms with van der Waals surface area (Å²) >= 11 is 0. The maximum atomic E-state index is 12.6. The van der Waals surface area contributed by atoms with Crippen LogP contribution in [0.4, 0.5) is 5.69 Å². The summed E-state index contributed by atoms with van der Waals surface area (Å²) in [5.41, 5.74) is 1.45. The van der Waals surface area contributed by atoms with E-state index in [0.717, 1.165) is 5.56 Å². The molecule has 23 heavy (non-hydrogen) atoms. The summed E-state index contributed by atoms with van der Waals surface area (Å²) < 4.78 is 7.14. The number of anilines is 1. The lowest BCUT2D eigenvalue weighted by atomic mass is 9.97. The highest BCUT2D eigenvalue weighted by Crippen LogP contribution is 2.29. The number of benzene rings is 1. The van der Waals surface area contributed by atoms with Crippen LogP contribution in [0.25, 0.3) is 0 Å². The largest absolute Gasteiger partial charge is 0.356 e. The molecule has 2 atom stereocenters. The fraction of sp³-hybridized carbons (Fsp3) is 0.312. The fourth-order valence-corrected chi connectivity index (χ4v) is 2.68. The predicted molar refractivity (Wildman–Crippen MR) is 83.5 cm³/mol. The van der Waals surface area contributed by atoms with Crippen LogP contribution in [-0.2, 0) is 21.4 Å². The second-order valence-corrected chi connectivity index (χ2v) is 5.48. The van der Waals surface area contributed by atoms with Gasteiger partial charge in [-0.1, -0.05) is 30.3 Å². The second kappa shape index (κ2) is 6.21. The van der Waals surface area contributed by atoms with E-state index in [2.05, 4.69) is 10.4 Å². The molecule has 7 heteroatoms. The molecule has 2 heterocycles. The van der Waals surface area contributed by atoms with Crippen LogP contribution >= 0.6 is 0 Å². The number of rotatable bonds is 3. The Morgan fingerprint density at radius 3 is 2.70 bits per heavy atom. The highest BCUT2D eigenvalue weighted by atomic mass is 16.5. The molecule has 2 amide bonds. The van der Waals surface area contributed by atoms with E-state index in [0.29, 0.717) is 5.69 Å². The van der Waals surface area contributed by atoms with Crippen molar-refractivity contribution in [1.82, 2.24) is 14.7 Å². The Bertz CT molecular complexity index is 713. The molecule has 1 fully saturated rings. The summed E-state index contributed by atoms with van der Waals surface area (Å²) in [6.45, 7) is -0.106. The summed E-state index contributed by atoms with van der Waals surface area (Å²) in [4.78, 5) is 26.1. The number of ether oxygens (including phenoxy) is 1. The van der Waals surface area contributed by atoms with E-state index in [9.17, 15) is 9.59 Å². The normalized spacial score (nSPS) is 21.3. The standard InChI is InChI=1S/C16H18N4O3/c1-19-9-12(8-17-19)18-16(22)15-14(11-6-4-3-5-7-11)20(2)13(21)10-23-15/h3-9,14-15H,10H2,1-2H3,(H,18,22)/t14-,15-/m1/s1. The molecule has 0 saturated carbocycles. The number of aryl methyl sites for hydroxylation is 1. The third-order valence-electron chi connectivity index (χ3n) is 3.86. The Morgan fingerprint density at radius 2 is 2.04 bits per heavy atom. The van der Waals surface area contributed by atoms with Crippen molar-refractivity contribution in [1.29, 1.82) is 0 Å². The van der Waals surface area contributed by atoms with E-state index in [1.807, 2.05) is 30.3 Å². The number of likely N-dealkylation sites (N-methyl/N-ethyl adjacent to an activating group) is 1. The molecule has 7 nitrogen and oxygen atoms in total. The first-order valence-electron chi connectivity index (χ1n) is 7.28. The van der Waals surface area contributed by atoms with Gasteiger partial charge in [0.25, 0.3) is 5.91 Å². The monoisotopic (exact) mass is 314 g/mol. The van der Waals surface area contributed by atoms with Crippen LogP contribution in [-0.4, -0.2) is 46.3 Å². The fourth-order valence-electron chi connectivity index (χ4n) is 2.68. The molecular formula is C16H18N4O3. The molecule has 3 rings (SSSR count). The molecule has 0 bridgehead atoms. The van der Waals surface area contributed by atoms with Crippen LogP contribution in [0.15, 0.2) is 42.7 Å². The summed E-state index contributed by atoms with van der Waals surface area (Å²) in [5, 5.41) is 6.80. The van der Waals surface area contributed by atoms with E-state index in [-0.39, 0.29) is 18.4 Å². The van der Waals surface area contributed by atoms with E-state index >= 15 is 0 Å². The Hall–Kier alpha value is -2.67. The molecule has 120 valence electrons. The first kappa shape index (κ1) is 15.2. The van der Waals surface area contributed by atoms with Crippen molar-refractivity contribution < 1.29 is 14.3 Å². The third kappa shape index (κ3) is 3.09. The number of nitrogens with zero attached hydrogens (tertiary/aromatic N) is 3. The average molecular weight is 314 g/mol. The maximum absolute atomic E-state index is 12.6. The molecule has 0 unspecified atom stereocenters. The quantitative estimate of drug-likeness (QED) is 0.915. The zero-order valence-electron chi connectivity index (χ0n) is 13.0. The van der Waals surface area contributed by atoms with Crippen molar-refractivity contribution >= 4 is 17.5 Å². The number of morpholine rings is 1. The smallest absolute Gasteiger partial charge is 0.256 e. The highest BCUT2D eigenvalue weighted by molar-refractivity contribution is 5.96. The van der Waals surface area contributed by atoms with Crippen LogP contribution in [0.3, 0.4) is 0 Å². The van der Waals surface area contributed by atoms with Crippen molar-refractivity contribution in [3.05, 3.63) is 48.3 Å². The van der Waals surface area contributed by atoms with Crippen molar-refractivity contribution in [2.75, 3.05) is 19.0 Å². The summed E-state index contributed by atoms with van der Waals surface area (Å²) in [7, 11) is 3.46. The first-order chi connectivity index (χ1) is 11.1. The van der Waals surface area contributed by atoms with Gasteiger partial charge >= 0.3 is 0 Å². The average Bonchev–Trinajstić information content (AvgIpc) is 2.95. The zero-order valence-corrected chi connectivity index (χ0v) is 13.0. The van der Waals surface area contributed by atoms with E-state index in [4.69, 9.17) is 4.74 Å². The van der Waals surface area contributed by atoms with Gasteiger partial charge in [-0.2, -0.15) is 5.10 Å². The molecule has 1 aromatic carbocycles. The number of amides is 2. The first-order valence-corrected chi connectivity index (χ1v) is 7.28. The van der Waals surface area contributed by atoms with Gasteiger partial charge in [0, 0.05) is 20.3 Å². The molecule has 1 aromatic heterocycles. The van der Waals surface area contributed by atoms with E-state index in [1.54, 1.807) is 36.1 Å². The molecule has 1 aliphatic rings. The van der Waals surface area contributed by atoms with Gasteiger partial charge in [-0.3, -0.25) is 14.3 Å². The topological polar surface area (TPSA) is 76.5 Å². The minimum Gasteiger partial charge on any atom is -0.356 e. The number of carbonyl (C=O) groups excluding carboxylic acids is 2. The van der Waals surface area contributed by atoms with Gasteiger partial charge in [0.05, 0.1) is 17.9 Å². The third-order valence-corrected chi connectivity index (χ3v) is 3.86. The summed E-state index contributed by atoms with van der Waals surface area (Å²) in [6, 6.07) is 8.94. The molecule has 1 N–H and O–H groups in total.